The maximum absolute atomic E-state index is 3.57. The SMILES string of the molecule is Brc1csc(CC2CC2)c1Br. The second kappa shape index (κ2) is 3.19. The van der Waals surface area contributed by atoms with Crippen LogP contribution in [0.5, 0.6) is 0 Å². The summed E-state index contributed by atoms with van der Waals surface area (Å²) in [6.45, 7) is 0. The van der Waals surface area contributed by atoms with Crippen molar-refractivity contribution in [2.75, 3.05) is 0 Å². The highest BCUT2D eigenvalue weighted by Crippen LogP contribution is 2.39. The zero-order valence-corrected chi connectivity index (χ0v) is 9.93. The lowest BCUT2D eigenvalue weighted by Gasteiger charge is -1.94. The largest absolute Gasteiger partial charge is 0.146 e. The molecule has 0 aliphatic heterocycles. The van der Waals surface area contributed by atoms with Gasteiger partial charge in [-0.15, -0.1) is 11.3 Å². The van der Waals surface area contributed by atoms with Gasteiger partial charge in [0.2, 0.25) is 0 Å². The van der Waals surface area contributed by atoms with Crippen molar-refractivity contribution in [2.24, 2.45) is 5.92 Å². The molecule has 1 fully saturated rings. The highest BCUT2D eigenvalue weighted by Gasteiger charge is 2.23. The molecule has 0 N–H and O–H groups in total. The molecule has 0 bridgehead atoms. The van der Waals surface area contributed by atoms with Crippen LogP contribution in [-0.2, 0) is 6.42 Å². The van der Waals surface area contributed by atoms with E-state index in [1.54, 1.807) is 0 Å². The van der Waals surface area contributed by atoms with Crippen LogP contribution in [0.25, 0.3) is 0 Å². The Morgan fingerprint density at radius 1 is 1.45 bits per heavy atom. The summed E-state index contributed by atoms with van der Waals surface area (Å²) in [6.07, 6.45) is 4.14. The Kier molecular flexibility index (Phi) is 2.40. The van der Waals surface area contributed by atoms with Crippen molar-refractivity contribution in [1.29, 1.82) is 0 Å². The third-order valence-electron chi connectivity index (χ3n) is 1.93. The minimum absolute atomic E-state index is 0.983. The molecule has 0 unspecified atom stereocenters. The zero-order valence-electron chi connectivity index (χ0n) is 5.94. The Hall–Kier alpha value is 0.660. The normalized spacial score (nSPS) is 17.3. The molecule has 11 heavy (non-hydrogen) atoms. The summed E-state index contributed by atoms with van der Waals surface area (Å²) in [6, 6.07) is 0. The van der Waals surface area contributed by atoms with E-state index in [1.807, 2.05) is 11.3 Å². The van der Waals surface area contributed by atoms with E-state index in [1.165, 1.54) is 33.1 Å². The minimum Gasteiger partial charge on any atom is -0.146 e. The molecule has 2 rings (SSSR count). The Morgan fingerprint density at radius 3 is 2.64 bits per heavy atom. The van der Waals surface area contributed by atoms with Crippen LogP contribution in [0, 0.1) is 5.92 Å². The van der Waals surface area contributed by atoms with Crippen LogP contribution >= 0.6 is 43.2 Å². The van der Waals surface area contributed by atoms with Gasteiger partial charge >= 0.3 is 0 Å². The van der Waals surface area contributed by atoms with E-state index >= 15 is 0 Å². The molecule has 1 heterocycles. The van der Waals surface area contributed by atoms with Crippen LogP contribution in [-0.4, -0.2) is 0 Å². The predicted molar refractivity (Wildman–Crippen MR) is 56.1 cm³/mol. The quantitative estimate of drug-likeness (QED) is 0.766. The lowest BCUT2D eigenvalue weighted by atomic mass is 10.2. The predicted octanol–water partition coefficient (Wildman–Crippen LogP) is 4.23. The average Bonchev–Trinajstić information content (AvgIpc) is 2.74. The van der Waals surface area contributed by atoms with Crippen LogP contribution in [0.4, 0.5) is 0 Å². The first-order chi connectivity index (χ1) is 5.27. The van der Waals surface area contributed by atoms with Crippen LogP contribution in [0.2, 0.25) is 0 Å². The average molecular weight is 296 g/mol. The van der Waals surface area contributed by atoms with E-state index in [0.29, 0.717) is 0 Å². The van der Waals surface area contributed by atoms with E-state index in [4.69, 9.17) is 0 Å². The van der Waals surface area contributed by atoms with Crippen LogP contribution in [0.3, 0.4) is 0 Å². The summed E-state index contributed by atoms with van der Waals surface area (Å²) < 4.78 is 2.48. The van der Waals surface area contributed by atoms with Crippen molar-refractivity contribution in [1.82, 2.24) is 0 Å². The fourth-order valence-electron chi connectivity index (χ4n) is 1.08. The number of hydrogen-bond acceptors (Lipinski definition) is 1. The lowest BCUT2D eigenvalue weighted by molar-refractivity contribution is 0.843. The molecule has 60 valence electrons. The van der Waals surface area contributed by atoms with Gasteiger partial charge in [-0.25, -0.2) is 0 Å². The Morgan fingerprint density at radius 2 is 2.18 bits per heavy atom. The summed E-state index contributed by atoms with van der Waals surface area (Å²) in [5.41, 5.74) is 0. The van der Waals surface area contributed by atoms with Crippen LogP contribution in [0.15, 0.2) is 14.3 Å². The van der Waals surface area contributed by atoms with E-state index in [2.05, 4.69) is 37.2 Å². The first-order valence-corrected chi connectivity index (χ1v) is 6.15. The third-order valence-corrected chi connectivity index (χ3v) is 5.57. The molecule has 0 nitrogen and oxygen atoms in total. The Labute approximate surface area is 87.3 Å². The van der Waals surface area contributed by atoms with Gasteiger partial charge in [0.25, 0.3) is 0 Å². The zero-order chi connectivity index (χ0) is 7.84. The maximum atomic E-state index is 3.57. The molecular formula is C8H8Br2S. The molecule has 1 aromatic heterocycles. The summed E-state index contributed by atoms with van der Waals surface area (Å²) in [7, 11) is 0. The molecule has 1 aromatic rings. The molecule has 0 saturated heterocycles. The van der Waals surface area contributed by atoms with Crippen molar-refractivity contribution in [3.63, 3.8) is 0 Å². The van der Waals surface area contributed by atoms with Crippen molar-refractivity contribution in [3.05, 3.63) is 19.2 Å². The van der Waals surface area contributed by atoms with Crippen molar-refractivity contribution in [2.45, 2.75) is 19.3 Å². The molecule has 1 saturated carbocycles. The molecule has 1 aliphatic carbocycles. The van der Waals surface area contributed by atoms with Crippen molar-refractivity contribution in [3.8, 4) is 0 Å². The highest BCUT2D eigenvalue weighted by molar-refractivity contribution is 9.13. The molecule has 0 aromatic carbocycles. The van der Waals surface area contributed by atoms with E-state index in [9.17, 15) is 0 Å². The molecule has 0 atom stereocenters. The van der Waals surface area contributed by atoms with Gasteiger partial charge < -0.3 is 0 Å². The summed E-state index contributed by atoms with van der Waals surface area (Å²) in [4.78, 5) is 1.50. The van der Waals surface area contributed by atoms with Gasteiger partial charge in [0.15, 0.2) is 0 Å². The first-order valence-electron chi connectivity index (χ1n) is 3.68. The second-order valence-corrected chi connectivity index (χ2v) is 5.58. The van der Waals surface area contributed by atoms with Gasteiger partial charge in [-0.1, -0.05) is 0 Å². The van der Waals surface area contributed by atoms with Gasteiger partial charge in [-0.2, -0.15) is 0 Å². The Balaban J connectivity index is 2.15. The molecule has 0 amide bonds. The number of thiophene rings is 1. The summed E-state index contributed by atoms with van der Waals surface area (Å²) in [5.74, 6) is 0.983. The van der Waals surface area contributed by atoms with Gasteiger partial charge in [-0.05, 0) is 57.0 Å². The summed E-state index contributed by atoms with van der Waals surface area (Å²) in [5, 5.41) is 2.15. The lowest BCUT2D eigenvalue weighted by Crippen LogP contribution is -1.81. The van der Waals surface area contributed by atoms with Gasteiger partial charge in [0.05, 0.1) is 0 Å². The number of rotatable bonds is 2. The topological polar surface area (TPSA) is 0 Å². The Bertz CT molecular complexity index is 263. The molecule has 0 radical (unpaired) electrons. The smallest absolute Gasteiger partial charge is 0.0456 e. The van der Waals surface area contributed by atoms with Crippen molar-refractivity contribution < 1.29 is 0 Å². The highest BCUT2D eigenvalue weighted by atomic mass is 79.9. The van der Waals surface area contributed by atoms with E-state index in [-0.39, 0.29) is 0 Å². The monoisotopic (exact) mass is 294 g/mol. The first kappa shape index (κ1) is 8.27. The fraction of sp³-hybridized carbons (Fsp3) is 0.500. The van der Waals surface area contributed by atoms with Crippen molar-refractivity contribution >= 4 is 43.2 Å². The molecule has 1 aliphatic rings. The molecular weight excluding hydrogens is 288 g/mol. The second-order valence-electron chi connectivity index (χ2n) is 2.97. The summed E-state index contributed by atoms with van der Waals surface area (Å²) >= 11 is 8.91. The van der Waals surface area contributed by atoms with Gasteiger partial charge in [-0.3, -0.25) is 0 Å². The molecule has 3 heteroatoms. The third kappa shape index (κ3) is 1.87. The van der Waals surface area contributed by atoms with Crippen LogP contribution in [0.1, 0.15) is 17.7 Å². The van der Waals surface area contributed by atoms with Gasteiger partial charge in [0.1, 0.15) is 0 Å². The maximum Gasteiger partial charge on any atom is 0.0456 e. The van der Waals surface area contributed by atoms with E-state index in [0.717, 1.165) is 5.92 Å². The van der Waals surface area contributed by atoms with E-state index < -0.39 is 0 Å². The molecule has 0 spiro atoms. The fourth-order valence-corrected chi connectivity index (χ4v) is 3.35. The van der Waals surface area contributed by atoms with Gasteiger partial charge in [0, 0.05) is 19.2 Å². The van der Waals surface area contributed by atoms with Crippen LogP contribution < -0.4 is 0 Å². The minimum atomic E-state index is 0.983. The standard InChI is InChI=1S/C8H8Br2S/c9-6-4-11-7(8(6)10)3-5-1-2-5/h4-5H,1-3H2. The number of hydrogen-bond donors (Lipinski definition) is 0. The number of halogens is 2.